The first-order valence-corrected chi connectivity index (χ1v) is 4.61. The lowest BCUT2D eigenvalue weighted by atomic mass is 10.0. The largest absolute Gasteiger partial charge is 0.374 e. The predicted octanol–water partition coefficient (Wildman–Crippen LogP) is 3.12. The average Bonchev–Trinajstić information content (AvgIpc) is 2.18. The summed E-state index contributed by atoms with van der Waals surface area (Å²) >= 11 is 0. The summed E-state index contributed by atoms with van der Waals surface area (Å²) in [7, 11) is 0. The van der Waals surface area contributed by atoms with Crippen molar-refractivity contribution in [2.75, 3.05) is 6.61 Å². The van der Waals surface area contributed by atoms with E-state index in [-0.39, 0.29) is 6.10 Å². The SMILES string of the molecule is C=C(c1ccccc1)C(C)OCC. The van der Waals surface area contributed by atoms with Crippen LogP contribution in [0.1, 0.15) is 19.4 Å². The molecule has 1 aromatic carbocycles. The van der Waals surface area contributed by atoms with Crippen LogP contribution in [0.5, 0.6) is 0 Å². The van der Waals surface area contributed by atoms with Crippen LogP contribution in [-0.4, -0.2) is 12.7 Å². The first kappa shape index (κ1) is 10.0. The van der Waals surface area contributed by atoms with Crippen molar-refractivity contribution in [1.82, 2.24) is 0 Å². The van der Waals surface area contributed by atoms with Gasteiger partial charge in [-0.1, -0.05) is 36.9 Å². The highest BCUT2D eigenvalue weighted by molar-refractivity contribution is 5.66. The standard InChI is InChI=1S/C12H16O/c1-4-13-11(3)10(2)12-8-6-5-7-9-12/h5-9,11H,2,4H2,1,3H3. The minimum Gasteiger partial charge on any atom is -0.374 e. The Labute approximate surface area is 80.0 Å². The summed E-state index contributed by atoms with van der Waals surface area (Å²) in [5.74, 6) is 0. The van der Waals surface area contributed by atoms with Crippen LogP contribution >= 0.6 is 0 Å². The summed E-state index contributed by atoms with van der Waals surface area (Å²) in [6, 6.07) is 10.1. The van der Waals surface area contributed by atoms with Crippen LogP contribution < -0.4 is 0 Å². The second-order valence-corrected chi connectivity index (χ2v) is 2.99. The highest BCUT2D eigenvalue weighted by Crippen LogP contribution is 2.17. The highest BCUT2D eigenvalue weighted by Gasteiger charge is 2.06. The maximum absolute atomic E-state index is 5.46. The fourth-order valence-corrected chi connectivity index (χ4v) is 1.24. The zero-order chi connectivity index (χ0) is 9.68. The van der Waals surface area contributed by atoms with E-state index in [9.17, 15) is 0 Å². The smallest absolute Gasteiger partial charge is 0.0796 e. The van der Waals surface area contributed by atoms with E-state index in [4.69, 9.17) is 4.74 Å². The first-order chi connectivity index (χ1) is 6.25. The lowest BCUT2D eigenvalue weighted by Gasteiger charge is -2.14. The molecule has 1 rings (SSSR count). The van der Waals surface area contributed by atoms with Crippen LogP contribution in [-0.2, 0) is 4.74 Å². The number of rotatable bonds is 4. The Morgan fingerprint density at radius 1 is 1.38 bits per heavy atom. The molecule has 0 saturated heterocycles. The van der Waals surface area contributed by atoms with Gasteiger partial charge in [0.05, 0.1) is 6.10 Å². The molecule has 70 valence electrons. The third kappa shape index (κ3) is 2.71. The molecule has 0 heterocycles. The van der Waals surface area contributed by atoms with Gasteiger partial charge in [0.15, 0.2) is 0 Å². The van der Waals surface area contributed by atoms with Gasteiger partial charge in [0.1, 0.15) is 0 Å². The van der Waals surface area contributed by atoms with Crippen molar-refractivity contribution in [3.05, 3.63) is 42.5 Å². The van der Waals surface area contributed by atoms with Gasteiger partial charge in [-0.25, -0.2) is 0 Å². The molecule has 0 saturated carbocycles. The minimum absolute atomic E-state index is 0.104. The van der Waals surface area contributed by atoms with E-state index in [1.807, 2.05) is 32.0 Å². The predicted molar refractivity (Wildman–Crippen MR) is 56.6 cm³/mol. The summed E-state index contributed by atoms with van der Waals surface area (Å²) in [4.78, 5) is 0. The lowest BCUT2D eigenvalue weighted by molar-refractivity contribution is 0.116. The van der Waals surface area contributed by atoms with Crippen LogP contribution in [0.2, 0.25) is 0 Å². The topological polar surface area (TPSA) is 9.23 Å². The molecule has 0 N–H and O–H groups in total. The van der Waals surface area contributed by atoms with Crippen LogP contribution in [0.25, 0.3) is 5.57 Å². The van der Waals surface area contributed by atoms with Crippen molar-refractivity contribution in [3.63, 3.8) is 0 Å². The first-order valence-electron chi connectivity index (χ1n) is 4.61. The van der Waals surface area contributed by atoms with Gasteiger partial charge in [-0.3, -0.25) is 0 Å². The Morgan fingerprint density at radius 2 is 2.00 bits per heavy atom. The van der Waals surface area contributed by atoms with Crippen molar-refractivity contribution in [1.29, 1.82) is 0 Å². The molecular weight excluding hydrogens is 160 g/mol. The second kappa shape index (κ2) is 4.83. The molecule has 0 aliphatic carbocycles. The van der Waals surface area contributed by atoms with Gasteiger partial charge in [-0.2, -0.15) is 0 Å². The van der Waals surface area contributed by atoms with Gasteiger partial charge in [-0.15, -0.1) is 0 Å². The van der Waals surface area contributed by atoms with Crippen molar-refractivity contribution >= 4 is 5.57 Å². The monoisotopic (exact) mass is 176 g/mol. The summed E-state index contributed by atoms with van der Waals surface area (Å²) in [5, 5.41) is 0. The summed E-state index contributed by atoms with van der Waals surface area (Å²) in [5.41, 5.74) is 2.20. The van der Waals surface area contributed by atoms with E-state index in [2.05, 4.69) is 18.7 Å². The summed E-state index contributed by atoms with van der Waals surface area (Å²) in [6.45, 7) is 8.77. The summed E-state index contributed by atoms with van der Waals surface area (Å²) in [6.07, 6.45) is 0.104. The van der Waals surface area contributed by atoms with Gasteiger partial charge in [0.25, 0.3) is 0 Å². The molecule has 0 aliphatic heterocycles. The fourth-order valence-electron chi connectivity index (χ4n) is 1.24. The van der Waals surface area contributed by atoms with Crippen molar-refractivity contribution in [2.45, 2.75) is 20.0 Å². The van der Waals surface area contributed by atoms with Crippen LogP contribution in [0, 0.1) is 0 Å². The normalized spacial score (nSPS) is 12.5. The van der Waals surface area contributed by atoms with Crippen molar-refractivity contribution in [2.24, 2.45) is 0 Å². The average molecular weight is 176 g/mol. The van der Waals surface area contributed by atoms with Gasteiger partial charge < -0.3 is 4.74 Å². The molecule has 0 aliphatic rings. The maximum atomic E-state index is 5.46. The lowest BCUT2D eigenvalue weighted by Crippen LogP contribution is -2.09. The molecule has 0 fully saturated rings. The molecular formula is C12H16O. The van der Waals surface area contributed by atoms with Crippen LogP contribution in [0.4, 0.5) is 0 Å². The quantitative estimate of drug-likeness (QED) is 0.685. The van der Waals surface area contributed by atoms with Crippen LogP contribution in [0.15, 0.2) is 36.9 Å². The number of benzene rings is 1. The number of ether oxygens (including phenoxy) is 1. The zero-order valence-electron chi connectivity index (χ0n) is 8.29. The van der Waals surface area contributed by atoms with Crippen molar-refractivity contribution < 1.29 is 4.74 Å². The third-order valence-electron chi connectivity index (χ3n) is 2.05. The molecule has 13 heavy (non-hydrogen) atoms. The Morgan fingerprint density at radius 3 is 2.54 bits per heavy atom. The Bertz CT molecular complexity index is 264. The molecule has 1 aromatic rings. The molecule has 0 amide bonds. The molecule has 0 spiro atoms. The molecule has 1 atom stereocenters. The van der Waals surface area contributed by atoms with Gasteiger partial charge in [0, 0.05) is 6.61 Å². The zero-order valence-corrected chi connectivity index (χ0v) is 8.29. The van der Waals surface area contributed by atoms with Crippen molar-refractivity contribution in [3.8, 4) is 0 Å². The molecule has 1 nitrogen and oxygen atoms in total. The highest BCUT2D eigenvalue weighted by atomic mass is 16.5. The fraction of sp³-hybridized carbons (Fsp3) is 0.333. The number of hydrogen-bond acceptors (Lipinski definition) is 1. The van der Waals surface area contributed by atoms with Crippen LogP contribution in [0.3, 0.4) is 0 Å². The third-order valence-corrected chi connectivity index (χ3v) is 2.05. The van der Waals surface area contributed by atoms with Gasteiger partial charge in [0.2, 0.25) is 0 Å². The Balaban J connectivity index is 2.68. The van der Waals surface area contributed by atoms with E-state index in [1.165, 1.54) is 0 Å². The van der Waals surface area contributed by atoms with E-state index in [1.54, 1.807) is 0 Å². The van der Waals surface area contributed by atoms with Gasteiger partial charge in [-0.05, 0) is 25.0 Å². The van der Waals surface area contributed by atoms with E-state index in [0.29, 0.717) is 0 Å². The van der Waals surface area contributed by atoms with E-state index >= 15 is 0 Å². The van der Waals surface area contributed by atoms with E-state index in [0.717, 1.165) is 17.7 Å². The molecule has 0 radical (unpaired) electrons. The Kier molecular flexibility index (Phi) is 3.71. The molecule has 0 aromatic heterocycles. The minimum atomic E-state index is 0.104. The molecule has 0 bridgehead atoms. The summed E-state index contributed by atoms with van der Waals surface area (Å²) < 4.78 is 5.46. The molecule has 1 heteroatoms. The maximum Gasteiger partial charge on any atom is 0.0796 e. The van der Waals surface area contributed by atoms with Gasteiger partial charge >= 0.3 is 0 Å². The molecule has 1 unspecified atom stereocenters. The number of hydrogen-bond donors (Lipinski definition) is 0. The Hall–Kier alpha value is -1.08. The van der Waals surface area contributed by atoms with E-state index < -0.39 is 0 Å². The second-order valence-electron chi connectivity index (χ2n) is 2.99.